The zero-order valence-corrected chi connectivity index (χ0v) is 12.9. The lowest BCUT2D eigenvalue weighted by Gasteiger charge is -2.07. The van der Waals surface area contributed by atoms with Crippen LogP contribution in [0.1, 0.15) is 25.5 Å². The number of benzene rings is 1. The SMILES string of the molecule is CC(C)c1[nH]n2c(=O)[nH]c(=S)nc2c1-c1cc(F)c(F)c(F)c1. The molecule has 120 valence electrons. The lowest BCUT2D eigenvalue weighted by molar-refractivity contribution is 0.447. The molecule has 3 aromatic rings. The second kappa shape index (κ2) is 5.34. The lowest BCUT2D eigenvalue weighted by Crippen LogP contribution is -2.18. The van der Waals surface area contributed by atoms with Gasteiger partial charge in [0, 0.05) is 11.3 Å². The Morgan fingerprint density at radius 2 is 1.83 bits per heavy atom. The van der Waals surface area contributed by atoms with Gasteiger partial charge in [0.15, 0.2) is 23.1 Å². The van der Waals surface area contributed by atoms with Crippen LogP contribution >= 0.6 is 12.2 Å². The number of halogens is 3. The van der Waals surface area contributed by atoms with Gasteiger partial charge in [0.2, 0.25) is 4.77 Å². The summed E-state index contributed by atoms with van der Waals surface area (Å²) in [7, 11) is 0. The number of aromatic nitrogens is 4. The van der Waals surface area contributed by atoms with Crippen LogP contribution in [0.4, 0.5) is 13.2 Å². The van der Waals surface area contributed by atoms with Crippen molar-refractivity contribution in [1.29, 1.82) is 0 Å². The van der Waals surface area contributed by atoms with Crippen LogP contribution in [-0.2, 0) is 0 Å². The van der Waals surface area contributed by atoms with Gasteiger partial charge in [0.05, 0.1) is 0 Å². The number of nitrogens with zero attached hydrogens (tertiary/aromatic N) is 2. The number of nitrogens with one attached hydrogen (secondary N) is 2. The van der Waals surface area contributed by atoms with Gasteiger partial charge in [-0.15, -0.1) is 0 Å². The fourth-order valence-corrected chi connectivity index (χ4v) is 2.56. The molecule has 3 rings (SSSR count). The van der Waals surface area contributed by atoms with E-state index in [2.05, 4.69) is 15.1 Å². The number of H-pyrrole nitrogens is 2. The minimum Gasteiger partial charge on any atom is -0.292 e. The van der Waals surface area contributed by atoms with Crippen LogP contribution in [0.25, 0.3) is 16.8 Å². The normalized spacial score (nSPS) is 11.6. The molecule has 0 bridgehead atoms. The van der Waals surface area contributed by atoms with Crippen LogP contribution in [0, 0.1) is 22.2 Å². The van der Waals surface area contributed by atoms with Crippen LogP contribution in [-0.4, -0.2) is 19.6 Å². The average Bonchev–Trinajstić information content (AvgIpc) is 2.84. The zero-order valence-electron chi connectivity index (χ0n) is 12.1. The first-order chi connectivity index (χ1) is 10.8. The van der Waals surface area contributed by atoms with Crippen LogP contribution in [0.3, 0.4) is 0 Å². The van der Waals surface area contributed by atoms with E-state index in [1.165, 1.54) is 0 Å². The van der Waals surface area contributed by atoms with Crippen molar-refractivity contribution in [2.45, 2.75) is 19.8 Å². The van der Waals surface area contributed by atoms with Crippen molar-refractivity contribution in [3.8, 4) is 11.1 Å². The minimum absolute atomic E-state index is 0.0615. The number of aromatic amines is 2. The number of hydrogen-bond donors (Lipinski definition) is 2. The van der Waals surface area contributed by atoms with Crippen molar-refractivity contribution in [2.24, 2.45) is 0 Å². The first-order valence-corrected chi connectivity index (χ1v) is 7.10. The quantitative estimate of drug-likeness (QED) is 0.556. The maximum atomic E-state index is 13.6. The molecule has 0 aliphatic heterocycles. The van der Waals surface area contributed by atoms with Gasteiger partial charge in [-0.05, 0) is 35.8 Å². The Bertz CT molecular complexity index is 1010. The molecular weight excluding hydrogens is 329 g/mol. The van der Waals surface area contributed by atoms with Gasteiger partial charge in [0.25, 0.3) is 0 Å². The summed E-state index contributed by atoms with van der Waals surface area (Å²) >= 11 is 4.88. The Labute approximate surface area is 132 Å². The Morgan fingerprint density at radius 3 is 2.39 bits per heavy atom. The number of hydrogen-bond acceptors (Lipinski definition) is 3. The summed E-state index contributed by atoms with van der Waals surface area (Å²) in [4.78, 5) is 18.4. The van der Waals surface area contributed by atoms with Crippen molar-refractivity contribution in [3.05, 3.63) is 50.5 Å². The molecule has 5 nitrogen and oxygen atoms in total. The monoisotopic (exact) mass is 340 g/mol. The molecule has 23 heavy (non-hydrogen) atoms. The third kappa shape index (κ3) is 2.46. The van der Waals surface area contributed by atoms with E-state index >= 15 is 0 Å². The highest BCUT2D eigenvalue weighted by atomic mass is 32.1. The van der Waals surface area contributed by atoms with E-state index in [-0.39, 0.29) is 21.9 Å². The third-order valence-electron chi connectivity index (χ3n) is 3.41. The van der Waals surface area contributed by atoms with Crippen molar-refractivity contribution in [2.75, 3.05) is 0 Å². The summed E-state index contributed by atoms with van der Waals surface area (Å²) in [6.07, 6.45) is 0. The Morgan fingerprint density at radius 1 is 1.22 bits per heavy atom. The molecule has 1 aromatic carbocycles. The molecule has 2 aromatic heterocycles. The second-order valence-electron chi connectivity index (χ2n) is 5.32. The Balaban J connectivity index is 2.47. The molecule has 0 saturated carbocycles. The summed E-state index contributed by atoms with van der Waals surface area (Å²) in [5.41, 5.74) is 0.449. The molecule has 0 unspecified atom stereocenters. The van der Waals surface area contributed by atoms with E-state index in [4.69, 9.17) is 12.2 Å². The maximum absolute atomic E-state index is 13.6. The smallest absolute Gasteiger partial charge is 0.292 e. The lowest BCUT2D eigenvalue weighted by atomic mass is 9.99. The largest absolute Gasteiger partial charge is 0.348 e. The van der Waals surface area contributed by atoms with Gasteiger partial charge < -0.3 is 0 Å². The molecule has 2 N–H and O–H groups in total. The van der Waals surface area contributed by atoms with Crippen LogP contribution in [0.15, 0.2) is 16.9 Å². The van der Waals surface area contributed by atoms with Crippen LogP contribution in [0.2, 0.25) is 0 Å². The van der Waals surface area contributed by atoms with Gasteiger partial charge >= 0.3 is 5.69 Å². The molecule has 0 aliphatic rings. The van der Waals surface area contributed by atoms with E-state index in [1.807, 2.05) is 13.8 Å². The molecule has 9 heteroatoms. The van der Waals surface area contributed by atoms with E-state index in [0.29, 0.717) is 11.3 Å². The average molecular weight is 340 g/mol. The van der Waals surface area contributed by atoms with Crippen molar-refractivity contribution < 1.29 is 13.2 Å². The fraction of sp³-hybridized carbons (Fsp3) is 0.214. The number of rotatable bonds is 2. The van der Waals surface area contributed by atoms with Crippen molar-refractivity contribution in [3.63, 3.8) is 0 Å². The summed E-state index contributed by atoms with van der Waals surface area (Å²) in [5.74, 6) is -4.31. The summed E-state index contributed by atoms with van der Waals surface area (Å²) < 4.78 is 41.4. The van der Waals surface area contributed by atoms with Gasteiger partial charge in [-0.1, -0.05) is 13.8 Å². The molecule has 0 saturated heterocycles. The standard InChI is InChI=1S/C14H11F3N4OS/c1-5(2)11-9(6-3-7(15)10(17)8(16)4-6)12-18-13(23)19-14(22)21(12)20-11/h3-5,20H,1-2H3,(H,19,22,23). The Kier molecular flexibility index (Phi) is 3.59. The molecule has 0 fully saturated rings. The first-order valence-electron chi connectivity index (χ1n) is 6.69. The van der Waals surface area contributed by atoms with E-state index in [1.54, 1.807) is 0 Å². The highest BCUT2D eigenvalue weighted by molar-refractivity contribution is 7.71. The molecule has 0 spiro atoms. The Hall–Kier alpha value is -2.42. The predicted molar refractivity (Wildman–Crippen MR) is 80.4 cm³/mol. The van der Waals surface area contributed by atoms with E-state index in [0.717, 1.165) is 16.6 Å². The second-order valence-corrected chi connectivity index (χ2v) is 5.70. The highest BCUT2D eigenvalue weighted by Crippen LogP contribution is 2.32. The molecular formula is C14H11F3N4OS. The third-order valence-corrected chi connectivity index (χ3v) is 3.60. The van der Waals surface area contributed by atoms with Crippen LogP contribution in [0.5, 0.6) is 0 Å². The van der Waals surface area contributed by atoms with E-state index < -0.39 is 23.1 Å². The van der Waals surface area contributed by atoms with Crippen molar-refractivity contribution >= 4 is 17.9 Å². The van der Waals surface area contributed by atoms with Gasteiger partial charge in [-0.2, -0.15) is 9.50 Å². The number of fused-ring (bicyclic) bond motifs is 1. The van der Waals surface area contributed by atoms with Crippen molar-refractivity contribution in [1.82, 2.24) is 19.6 Å². The molecule has 0 amide bonds. The highest BCUT2D eigenvalue weighted by Gasteiger charge is 2.21. The predicted octanol–water partition coefficient (Wildman–Crippen LogP) is 3.29. The van der Waals surface area contributed by atoms with E-state index in [9.17, 15) is 18.0 Å². The zero-order chi connectivity index (χ0) is 16.9. The summed E-state index contributed by atoms with van der Waals surface area (Å²) in [6.45, 7) is 3.65. The summed E-state index contributed by atoms with van der Waals surface area (Å²) in [6, 6.07) is 1.72. The molecule has 2 heterocycles. The molecule has 0 aliphatic carbocycles. The first kappa shape index (κ1) is 15.5. The topological polar surface area (TPSA) is 65.9 Å². The molecule has 0 atom stereocenters. The minimum atomic E-state index is -1.55. The van der Waals surface area contributed by atoms with Gasteiger partial charge in [-0.3, -0.25) is 10.1 Å². The summed E-state index contributed by atoms with van der Waals surface area (Å²) in [5, 5.41) is 2.84. The van der Waals surface area contributed by atoms with Gasteiger partial charge in [-0.25, -0.2) is 18.0 Å². The fourth-order valence-electron chi connectivity index (χ4n) is 2.39. The van der Waals surface area contributed by atoms with Crippen LogP contribution < -0.4 is 5.69 Å². The molecule has 0 radical (unpaired) electrons. The van der Waals surface area contributed by atoms with Gasteiger partial charge in [0.1, 0.15) is 0 Å². The maximum Gasteiger partial charge on any atom is 0.348 e.